The van der Waals surface area contributed by atoms with E-state index in [1.165, 1.54) is 6.92 Å². The number of carbonyl (C=O) groups is 1. The Morgan fingerprint density at radius 2 is 1.68 bits per heavy atom. The molecule has 1 aromatic carbocycles. The van der Waals surface area contributed by atoms with E-state index in [4.69, 9.17) is 0 Å². The van der Waals surface area contributed by atoms with Crippen molar-refractivity contribution < 1.29 is 13.2 Å². The highest BCUT2D eigenvalue weighted by Crippen LogP contribution is 2.08. The summed E-state index contributed by atoms with van der Waals surface area (Å²) in [5, 5.41) is 2.69. The van der Waals surface area contributed by atoms with Crippen LogP contribution in [0.5, 0.6) is 0 Å². The van der Waals surface area contributed by atoms with Crippen molar-refractivity contribution in [2.24, 2.45) is 0 Å². The van der Waals surface area contributed by atoms with Crippen LogP contribution in [0.25, 0.3) is 0 Å². The largest absolute Gasteiger partial charge is 0.352 e. The molecule has 0 aliphatic heterocycles. The first-order chi connectivity index (χ1) is 8.78. The first kappa shape index (κ1) is 15.7. The minimum absolute atomic E-state index is 0.0361. The van der Waals surface area contributed by atoms with Gasteiger partial charge in [-0.1, -0.05) is 24.3 Å². The smallest absolute Gasteiger partial charge is 0.217 e. The zero-order valence-electron chi connectivity index (χ0n) is 11.4. The molecule has 6 heteroatoms. The molecule has 0 saturated heterocycles. The molecule has 0 saturated carbocycles. The molecule has 1 amide bonds. The predicted molar refractivity (Wildman–Crippen MR) is 74.9 cm³/mol. The van der Waals surface area contributed by atoms with Gasteiger partial charge in [-0.2, -0.15) is 0 Å². The van der Waals surface area contributed by atoms with Crippen LogP contribution >= 0.6 is 0 Å². The van der Waals surface area contributed by atoms with Crippen LogP contribution < -0.4 is 10.0 Å². The molecule has 5 nitrogen and oxygen atoms in total. The van der Waals surface area contributed by atoms with Gasteiger partial charge in [0.1, 0.15) is 0 Å². The van der Waals surface area contributed by atoms with E-state index in [0.29, 0.717) is 6.54 Å². The number of rotatable bonds is 6. The van der Waals surface area contributed by atoms with Gasteiger partial charge in [0, 0.05) is 19.5 Å². The molecule has 0 fully saturated rings. The maximum absolute atomic E-state index is 11.7. The lowest BCUT2D eigenvalue weighted by molar-refractivity contribution is -0.119. The molecule has 2 N–H and O–H groups in total. The number of amides is 1. The lowest BCUT2D eigenvalue weighted by Crippen LogP contribution is -2.31. The summed E-state index contributed by atoms with van der Waals surface area (Å²) < 4.78 is 26.0. The van der Waals surface area contributed by atoms with Gasteiger partial charge in [-0.15, -0.1) is 0 Å². The van der Waals surface area contributed by atoms with Crippen LogP contribution in [-0.2, 0) is 27.1 Å². The normalized spacial score (nSPS) is 11.6. The molecule has 0 atom stereocenters. The molecular formula is C13H20N2O3S. The van der Waals surface area contributed by atoms with E-state index >= 15 is 0 Å². The quantitative estimate of drug-likeness (QED) is 0.823. The highest BCUT2D eigenvalue weighted by Gasteiger charge is 2.12. The molecule has 0 aliphatic rings. The predicted octanol–water partition coefficient (Wildman–Crippen LogP) is 1.15. The van der Waals surface area contributed by atoms with Crippen LogP contribution in [0.15, 0.2) is 24.3 Å². The van der Waals surface area contributed by atoms with Crippen LogP contribution in [0.4, 0.5) is 0 Å². The van der Waals surface area contributed by atoms with Crippen molar-refractivity contribution in [2.45, 2.75) is 39.1 Å². The average molecular weight is 284 g/mol. The third kappa shape index (κ3) is 6.35. The molecule has 0 unspecified atom stereocenters. The Hall–Kier alpha value is -1.40. The van der Waals surface area contributed by atoms with Gasteiger partial charge in [0.15, 0.2) is 0 Å². The lowest BCUT2D eigenvalue weighted by Gasteiger charge is -2.10. The summed E-state index contributed by atoms with van der Waals surface area (Å²) in [5.41, 5.74) is 1.66. The van der Waals surface area contributed by atoms with Crippen LogP contribution in [0, 0.1) is 0 Å². The summed E-state index contributed by atoms with van der Waals surface area (Å²) in [6, 6.07) is 7.05. The maximum Gasteiger partial charge on any atom is 0.217 e. The zero-order chi connectivity index (χ0) is 14.5. The molecule has 0 radical (unpaired) electrons. The Morgan fingerprint density at radius 3 is 2.16 bits per heavy atom. The zero-order valence-corrected chi connectivity index (χ0v) is 12.3. The topological polar surface area (TPSA) is 75.3 Å². The molecule has 0 heterocycles. The molecule has 0 aliphatic carbocycles. The first-order valence-electron chi connectivity index (χ1n) is 6.11. The van der Waals surface area contributed by atoms with Gasteiger partial charge in [0.25, 0.3) is 0 Å². The summed E-state index contributed by atoms with van der Waals surface area (Å²) >= 11 is 0. The average Bonchev–Trinajstić information content (AvgIpc) is 2.25. The second kappa shape index (κ2) is 6.68. The summed E-state index contributed by atoms with van der Waals surface area (Å²) in [6.45, 7) is 5.48. The van der Waals surface area contributed by atoms with E-state index in [2.05, 4.69) is 10.0 Å². The fourth-order valence-corrected chi connectivity index (χ4v) is 3.03. The van der Waals surface area contributed by atoms with E-state index in [-0.39, 0.29) is 17.7 Å². The summed E-state index contributed by atoms with van der Waals surface area (Å²) in [5.74, 6) is -0.126. The van der Waals surface area contributed by atoms with Crippen molar-refractivity contribution >= 4 is 15.9 Å². The number of hydrogen-bond acceptors (Lipinski definition) is 3. The Bertz CT molecular complexity index is 521. The molecule has 0 aromatic heterocycles. The highest BCUT2D eigenvalue weighted by molar-refractivity contribution is 7.88. The third-order valence-electron chi connectivity index (χ3n) is 2.34. The number of sulfonamides is 1. The molecule has 1 aromatic rings. The van der Waals surface area contributed by atoms with Gasteiger partial charge >= 0.3 is 0 Å². The van der Waals surface area contributed by atoms with Gasteiger partial charge < -0.3 is 5.32 Å². The van der Waals surface area contributed by atoms with Crippen LogP contribution in [0.1, 0.15) is 31.9 Å². The number of carbonyl (C=O) groups excluding carboxylic acids is 1. The van der Waals surface area contributed by atoms with Crippen LogP contribution in [0.3, 0.4) is 0 Å². The van der Waals surface area contributed by atoms with E-state index < -0.39 is 10.0 Å². The van der Waals surface area contributed by atoms with E-state index in [1.807, 2.05) is 12.1 Å². The van der Waals surface area contributed by atoms with Gasteiger partial charge in [-0.05, 0) is 25.0 Å². The molecule has 1 rings (SSSR count). The van der Waals surface area contributed by atoms with Crippen molar-refractivity contribution in [3.8, 4) is 0 Å². The number of hydrogen-bond donors (Lipinski definition) is 2. The Morgan fingerprint density at radius 1 is 1.16 bits per heavy atom. The fourth-order valence-electron chi connectivity index (χ4n) is 1.60. The van der Waals surface area contributed by atoms with E-state index in [0.717, 1.165) is 11.1 Å². The molecule has 0 bridgehead atoms. The Labute approximate surface area is 114 Å². The third-order valence-corrected chi connectivity index (χ3v) is 3.88. The number of benzene rings is 1. The maximum atomic E-state index is 11.7. The van der Waals surface area contributed by atoms with Crippen molar-refractivity contribution in [2.75, 3.05) is 0 Å². The minimum Gasteiger partial charge on any atom is -0.352 e. The van der Waals surface area contributed by atoms with Crippen molar-refractivity contribution in [1.82, 2.24) is 10.0 Å². The highest BCUT2D eigenvalue weighted by atomic mass is 32.2. The Kier molecular flexibility index (Phi) is 5.50. The standard InChI is InChI=1S/C13H20N2O3S/c1-10(2)15-19(17,18)9-13-6-4-12(5-7-13)8-14-11(3)16/h4-7,10,15H,8-9H2,1-3H3,(H,14,16). The lowest BCUT2D eigenvalue weighted by atomic mass is 10.1. The van der Waals surface area contributed by atoms with Gasteiger partial charge in [0.2, 0.25) is 15.9 Å². The van der Waals surface area contributed by atoms with Crippen LogP contribution in [0.2, 0.25) is 0 Å². The number of nitrogens with one attached hydrogen (secondary N) is 2. The fraction of sp³-hybridized carbons (Fsp3) is 0.462. The van der Waals surface area contributed by atoms with Gasteiger partial charge in [-0.25, -0.2) is 13.1 Å². The molecule has 19 heavy (non-hydrogen) atoms. The summed E-state index contributed by atoms with van der Waals surface area (Å²) in [4.78, 5) is 10.8. The van der Waals surface area contributed by atoms with E-state index in [9.17, 15) is 13.2 Å². The van der Waals surface area contributed by atoms with Gasteiger partial charge in [-0.3, -0.25) is 4.79 Å². The second-order valence-electron chi connectivity index (χ2n) is 4.76. The van der Waals surface area contributed by atoms with Gasteiger partial charge in [0.05, 0.1) is 5.75 Å². The van der Waals surface area contributed by atoms with Crippen molar-refractivity contribution in [3.05, 3.63) is 35.4 Å². The molecule has 106 valence electrons. The van der Waals surface area contributed by atoms with Crippen molar-refractivity contribution in [1.29, 1.82) is 0 Å². The van der Waals surface area contributed by atoms with E-state index in [1.54, 1.807) is 26.0 Å². The van der Waals surface area contributed by atoms with Crippen LogP contribution in [-0.4, -0.2) is 20.4 Å². The summed E-state index contributed by atoms with van der Waals surface area (Å²) in [6.07, 6.45) is 0. The SMILES string of the molecule is CC(=O)NCc1ccc(CS(=O)(=O)NC(C)C)cc1. The van der Waals surface area contributed by atoms with Crippen molar-refractivity contribution in [3.63, 3.8) is 0 Å². The first-order valence-corrected chi connectivity index (χ1v) is 7.76. The Balaban J connectivity index is 2.64. The summed E-state index contributed by atoms with van der Waals surface area (Å²) in [7, 11) is -3.29. The minimum atomic E-state index is -3.29. The molecule has 0 spiro atoms. The molecular weight excluding hydrogens is 264 g/mol. The monoisotopic (exact) mass is 284 g/mol. The second-order valence-corrected chi connectivity index (χ2v) is 6.51.